The standard InChI is InChI=1S/C18H20N2O3S/c1-13-4-2-3-5-16(13)12-24(22,23)19-11-14-6-8-17-15(10-14)7-9-18(21)20-17/h2-6,8,10,19H,7,9,11-12H2,1H3,(H,20,21). The zero-order valence-corrected chi connectivity index (χ0v) is 14.3. The Hall–Kier alpha value is -2.18. The van der Waals surface area contributed by atoms with Gasteiger partial charge in [0.15, 0.2) is 0 Å². The maximum Gasteiger partial charge on any atom is 0.224 e. The highest BCUT2D eigenvalue weighted by atomic mass is 32.2. The molecular formula is C18H20N2O3S. The van der Waals surface area contributed by atoms with Crippen molar-refractivity contribution in [3.8, 4) is 0 Å². The van der Waals surface area contributed by atoms with Gasteiger partial charge in [-0.05, 0) is 41.7 Å². The van der Waals surface area contributed by atoms with Crippen LogP contribution in [0, 0.1) is 6.92 Å². The van der Waals surface area contributed by atoms with Crippen LogP contribution >= 0.6 is 0 Å². The molecule has 126 valence electrons. The van der Waals surface area contributed by atoms with Gasteiger partial charge in [0, 0.05) is 18.7 Å². The van der Waals surface area contributed by atoms with Crippen LogP contribution in [0.15, 0.2) is 42.5 Å². The number of nitrogens with one attached hydrogen (secondary N) is 2. The van der Waals surface area contributed by atoms with Gasteiger partial charge in [0.25, 0.3) is 0 Å². The van der Waals surface area contributed by atoms with Crippen molar-refractivity contribution in [1.82, 2.24) is 4.72 Å². The fourth-order valence-corrected chi connectivity index (χ4v) is 3.99. The number of anilines is 1. The SMILES string of the molecule is Cc1ccccc1CS(=O)(=O)NCc1ccc2c(c1)CCC(=O)N2. The number of amides is 1. The fraction of sp³-hybridized carbons (Fsp3) is 0.278. The minimum Gasteiger partial charge on any atom is -0.326 e. The second-order valence-corrected chi connectivity index (χ2v) is 7.85. The van der Waals surface area contributed by atoms with Crippen molar-refractivity contribution < 1.29 is 13.2 Å². The van der Waals surface area contributed by atoms with Gasteiger partial charge in [-0.1, -0.05) is 36.4 Å². The van der Waals surface area contributed by atoms with Crippen molar-refractivity contribution in [3.63, 3.8) is 0 Å². The lowest BCUT2D eigenvalue weighted by atomic mass is 10.0. The van der Waals surface area contributed by atoms with E-state index in [1.165, 1.54) is 0 Å². The lowest BCUT2D eigenvalue weighted by Gasteiger charge is -2.17. The highest BCUT2D eigenvalue weighted by Crippen LogP contribution is 2.23. The van der Waals surface area contributed by atoms with Crippen molar-refractivity contribution in [2.45, 2.75) is 32.1 Å². The van der Waals surface area contributed by atoms with Crippen LogP contribution in [0.3, 0.4) is 0 Å². The van der Waals surface area contributed by atoms with E-state index in [0.717, 1.165) is 27.9 Å². The molecule has 1 aliphatic rings. The molecule has 0 radical (unpaired) electrons. The molecule has 1 amide bonds. The predicted molar refractivity (Wildman–Crippen MR) is 94.0 cm³/mol. The van der Waals surface area contributed by atoms with Crippen molar-refractivity contribution >= 4 is 21.6 Å². The van der Waals surface area contributed by atoms with E-state index >= 15 is 0 Å². The first-order valence-electron chi connectivity index (χ1n) is 7.86. The molecule has 0 saturated heterocycles. The lowest BCUT2D eigenvalue weighted by molar-refractivity contribution is -0.116. The van der Waals surface area contributed by atoms with Crippen LogP contribution in [-0.2, 0) is 33.5 Å². The maximum absolute atomic E-state index is 12.3. The highest BCUT2D eigenvalue weighted by molar-refractivity contribution is 7.88. The van der Waals surface area contributed by atoms with Gasteiger partial charge in [0.2, 0.25) is 15.9 Å². The Bertz CT molecular complexity index is 876. The monoisotopic (exact) mass is 344 g/mol. The summed E-state index contributed by atoms with van der Waals surface area (Å²) in [5, 5.41) is 2.82. The summed E-state index contributed by atoms with van der Waals surface area (Å²) in [6, 6.07) is 13.1. The third-order valence-corrected chi connectivity index (χ3v) is 5.44. The molecule has 2 aromatic carbocycles. The topological polar surface area (TPSA) is 75.3 Å². The minimum absolute atomic E-state index is 0.0224. The van der Waals surface area contributed by atoms with Crippen LogP contribution in [0.4, 0.5) is 5.69 Å². The predicted octanol–water partition coefficient (Wildman–Crippen LogP) is 2.50. The molecule has 0 atom stereocenters. The van der Waals surface area contributed by atoms with Gasteiger partial charge in [0.05, 0.1) is 5.75 Å². The molecule has 5 nitrogen and oxygen atoms in total. The molecule has 0 aliphatic carbocycles. The summed E-state index contributed by atoms with van der Waals surface area (Å²) in [6.45, 7) is 2.15. The molecule has 0 unspecified atom stereocenters. The van der Waals surface area contributed by atoms with E-state index < -0.39 is 10.0 Å². The molecule has 24 heavy (non-hydrogen) atoms. The smallest absolute Gasteiger partial charge is 0.224 e. The summed E-state index contributed by atoms with van der Waals surface area (Å²) in [6.07, 6.45) is 1.15. The van der Waals surface area contributed by atoms with Crippen LogP contribution < -0.4 is 10.0 Å². The van der Waals surface area contributed by atoms with Gasteiger partial charge in [0.1, 0.15) is 0 Å². The van der Waals surface area contributed by atoms with Crippen molar-refractivity contribution in [3.05, 3.63) is 64.7 Å². The average molecular weight is 344 g/mol. The minimum atomic E-state index is -3.41. The van der Waals surface area contributed by atoms with Crippen molar-refractivity contribution in [2.75, 3.05) is 5.32 Å². The molecule has 0 bridgehead atoms. The maximum atomic E-state index is 12.3. The number of carbonyl (C=O) groups excluding carboxylic acids is 1. The average Bonchev–Trinajstić information content (AvgIpc) is 2.55. The second-order valence-electron chi connectivity index (χ2n) is 6.05. The Kier molecular flexibility index (Phi) is 4.69. The number of aryl methyl sites for hydroxylation is 2. The van der Waals surface area contributed by atoms with E-state index in [-0.39, 0.29) is 18.2 Å². The van der Waals surface area contributed by atoms with E-state index in [4.69, 9.17) is 0 Å². The normalized spacial score (nSPS) is 14.1. The Labute approximate surface area is 142 Å². The van der Waals surface area contributed by atoms with Crippen molar-refractivity contribution in [2.24, 2.45) is 0 Å². The van der Waals surface area contributed by atoms with Crippen molar-refractivity contribution in [1.29, 1.82) is 0 Å². The Balaban J connectivity index is 1.67. The number of rotatable bonds is 5. The first-order chi connectivity index (χ1) is 11.4. The molecule has 1 heterocycles. The largest absolute Gasteiger partial charge is 0.326 e. The van der Waals surface area contributed by atoms with E-state index in [2.05, 4.69) is 10.0 Å². The van der Waals surface area contributed by atoms with E-state index in [0.29, 0.717) is 12.8 Å². The third kappa shape index (κ3) is 4.01. The first kappa shape index (κ1) is 16.7. The number of hydrogen-bond donors (Lipinski definition) is 2. The molecule has 2 aromatic rings. The molecular weight excluding hydrogens is 324 g/mol. The fourth-order valence-electron chi connectivity index (χ4n) is 2.77. The van der Waals surface area contributed by atoms with Gasteiger partial charge in [-0.2, -0.15) is 0 Å². The van der Waals surface area contributed by atoms with Crippen LogP contribution in [0.25, 0.3) is 0 Å². The van der Waals surface area contributed by atoms with E-state index in [1.54, 1.807) is 0 Å². The molecule has 2 N–H and O–H groups in total. The molecule has 3 rings (SSSR count). The van der Waals surface area contributed by atoms with Gasteiger partial charge >= 0.3 is 0 Å². The van der Waals surface area contributed by atoms with Crippen LogP contribution in [0.5, 0.6) is 0 Å². The molecule has 0 spiro atoms. The van der Waals surface area contributed by atoms with Gasteiger partial charge in [-0.25, -0.2) is 13.1 Å². The van der Waals surface area contributed by atoms with Gasteiger partial charge in [-0.3, -0.25) is 4.79 Å². The zero-order valence-electron chi connectivity index (χ0n) is 13.5. The number of fused-ring (bicyclic) bond motifs is 1. The summed E-state index contributed by atoms with van der Waals surface area (Å²) in [5.74, 6) is -0.00472. The number of hydrogen-bond acceptors (Lipinski definition) is 3. The lowest BCUT2D eigenvalue weighted by Crippen LogP contribution is -2.25. The van der Waals surface area contributed by atoms with Crippen LogP contribution in [-0.4, -0.2) is 14.3 Å². The Morgan fingerprint density at radius 1 is 1.12 bits per heavy atom. The highest BCUT2D eigenvalue weighted by Gasteiger charge is 2.16. The quantitative estimate of drug-likeness (QED) is 0.875. The third-order valence-electron chi connectivity index (χ3n) is 4.17. The van der Waals surface area contributed by atoms with Gasteiger partial charge < -0.3 is 5.32 Å². The summed E-state index contributed by atoms with van der Waals surface area (Å²) in [4.78, 5) is 11.4. The van der Waals surface area contributed by atoms with Crippen LogP contribution in [0.1, 0.15) is 28.7 Å². The molecule has 0 fully saturated rings. The summed E-state index contributed by atoms with van der Waals surface area (Å²) in [7, 11) is -3.41. The molecule has 0 saturated carbocycles. The van der Waals surface area contributed by atoms with Crippen LogP contribution in [0.2, 0.25) is 0 Å². The van der Waals surface area contributed by atoms with E-state index in [9.17, 15) is 13.2 Å². The van der Waals surface area contributed by atoms with Gasteiger partial charge in [-0.15, -0.1) is 0 Å². The molecule has 1 aliphatic heterocycles. The molecule has 0 aromatic heterocycles. The summed E-state index contributed by atoms with van der Waals surface area (Å²) < 4.78 is 27.2. The Morgan fingerprint density at radius 3 is 2.71 bits per heavy atom. The second kappa shape index (κ2) is 6.75. The number of sulfonamides is 1. The molecule has 6 heteroatoms. The number of carbonyl (C=O) groups is 1. The van der Waals surface area contributed by atoms with E-state index in [1.807, 2.05) is 49.4 Å². The number of benzene rings is 2. The summed E-state index contributed by atoms with van der Waals surface area (Å²) >= 11 is 0. The summed E-state index contributed by atoms with van der Waals surface area (Å²) in [5.41, 5.74) is 4.52. The Morgan fingerprint density at radius 2 is 1.92 bits per heavy atom. The first-order valence-corrected chi connectivity index (χ1v) is 9.52. The zero-order chi connectivity index (χ0) is 17.2.